The Morgan fingerprint density at radius 2 is 1.94 bits per heavy atom. The monoisotopic (exact) mass is 285 g/mol. The van der Waals surface area contributed by atoms with Crippen LogP contribution in [0.3, 0.4) is 0 Å². The van der Waals surface area contributed by atoms with Crippen molar-refractivity contribution in [3.63, 3.8) is 0 Å². The van der Waals surface area contributed by atoms with Gasteiger partial charge in [-0.25, -0.2) is 0 Å². The molecule has 0 aromatic heterocycles. The van der Waals surface area contributed by atoms with E-state index in [4.69, 9.17) is 21.8 Å². The Morgan fingerprint density at radius 1 is 1.33 bits per heavy atom. The minimum absolute atomic E-state index is 0.0652. The van der Waals surface area contributed by atoms with Gasteiger partial charge in [0.1, 0.15) is 0 Å². The number of hydrogen-bond donors (Lipinski definition) is 1. The fraction of sp³-hybridized carbons (Fsp3) is 0.571. The first-order valence-electron chi connectivity index (χ1n) is 6.31. The van der Waals surface area contributed by atoms with E-state index in [-0.39, 0.29) is 11.1 Å². The van der Waals surface area contributed by atoms with Crippen molar-refractivity contribution in [2.45, 2.75) is 45.0 Å². The Kier molecular flexibility index (Phi) is 5.01. The summed E-state index contributed by atoms with van der Waals surface area (Å²) in [4.78, 5) is 0. The summed E-state index contributed by atoms with van der Waals surface area (Å²) in [6, 6.07) is 7.77. The third-order valence-electron chi connectivity index (χ3n) is 3.68. The van der Waals surface area contributed by atoms with Gasteiger partial charge in [-0.3, -0.25) is 0 Å². The molecule has 0 fully saturated rings. The van der Waals surface area contributed by atoms with Crippen LogP contribution in [0.15, 0.2) is 24.3 Å². The van der Waals surface area contributed by atoms with Crippen LogP contribution >= 0.6 is 11.6 Å². The molecule has 0 spiro atoms. The molecule has 0 aliphatic carbocycles. The van der Waals surface area contributed by atoms with Gasteiger partial charge in [0.25, 0.3) is 0 Å². The molecule has 0 heterocycles. The van der Waals surface area contributed by atoms with Crippen LogP contribution in [0.2, 0.25) is 23.2 Å². The maximum atomic E-state index is 6.35. The first-order chi connectivity index (χ1) is 8.17. The first-order valence-corrected chi connectivity index (χ1v) is 9.59. The van der Waals surface area contributed by atoms with Gasteiger partial charge >= 0.3 is 0 Å². The van der Waals surface area contributed by atoms with Gasteiger partial charge in [-0.2, -0.15) is 0 Å². The molecule has 1 aromatic rings. The summed E-state index contributed by atoms with van der Waals surface area (Å²) in [5.41, 5.74) is 6.92. The highest BCUT2D eigenvalue weighted by Crippen LogP contribution is 2.39. The molecular weight excluding hydrogens is 262 g/mol. The lowest BCUT2D eigenvalue weighted by Gasteiger charge is -2.39. The predicted octanol–water partition coefficient (Wildman–Crippen LogP) is 4.36. The van der Waals surface area contributed by atoms with Crippen LogP contribution in [0.25, 0.3) is 0 Å². The van der Waals surface area contributed by atoms with Crippen molar-refractivity contribution < 1.29 is 4.43 Å². The van der Waals surface area contributed by atoms with Gasteiger partial charge in [-0.1, -0.05) is 44.5 Å². The highest BCUT2D eigenvalue weighted by Gasteiger charge is 2.39. The molecule has 0 radical (unpaired) electrons. The molecule has 102 valence electrons. The Morgan fingerprint density at radius 3 is 2.39 bits per heavy atom. The third-order valence-corrected chi connectivity index (χ3v) is 8.40. The summed E-state index contributed by atoms with van der Waals surface area (Å²) in [5.74, 6) is 0. The number of nitrogens with two attached hydrogens (primary N) is 1. The number of benzene rings is 1. The minimum Gasteiger partial charge on any atom is -0.409 e. The number of halogens is 1. The van der Waals surface area contributed by atoms with E-state index in [9.17, 15) is 0 Å². The summed E-state index contributed by atoms with van der Waals surface area (Å²) in [6.07, 6.45) is -0.0652. The van der Waals surface area contributed by atoms with Crippen LogP contribution in [-0.2, 0) is 4.43 Å². The van der Waals surface area contributed by atoms with Gasteiger partial charge in [0.2, 0.25) is 0 Å². The van der Waals surface area contributed by atoms with E-state index in [2.05, 4.69) is 33.9 Å². The van der Waals surface area contributed by atoms with Crippen LogP contribution < -0.4 is 5.73 Å². The van der Waals surface area contributed by atoms with E-state index in [0.29, 0.717) is 6.54 Å². The predicted molar refractivity (Wildman–Crippen MR) is 81.5 cm³/mol. The zero-order valence-corrected chi connectivity index (χ0v) is 13.7. The van der Waals surface area contributed by atoms with Crippen molar-refractivity contribution in [1.29, 1.82) is 0 Å². The lowest BCUT2D eigenvalue weighted by atomic mass is 10.1. The van der Waals surface area contributed by atoms with Gasteiger partial charge in [-0.05, 0) is 35.8 Å². The Balaban J connectivity index is 2.93. The summed E-state index contributed by atoms with van der Waals surface area (Å²) in [5, 5.41) is 0.906. The third kappa shape index (κ3) is 3.82. The largest absolute Gasteiger partial charge is 0.409 e. The molecule has 1 atom stereocenters. The number of rotatable bonds is 4. The van der Waals surface area contributed by atoms with Crippen molar-refractivity contribution in [2.75, 3.05) is 6.54 Å². The second-order valence-corrected chi connectivity index (χ2v) is 11.4. The quantitative estimate of drug-likeness (QED) is 0.834. The highest BCUT2D eigenvalue weighted by atomic mass is 35.5. The maximum Gasteiger partial charge on any atom is 0.192 e. The molecule has 18 heavy (non-hydrogen) atoms. The zero-order valence-electron chi connectivity index (χ0n) is 12.0. The van der Waals surface area contributed by atoms with Gasteiger partial charge in [0.15, 0.2) is 8.32 Å². The average Bonchev–Trinajstić information content (AvgIpc) is 2.24. The SMILES string of the molecule is CC(C)(C)[Si](C)(C)OC(CN)c1cccc(Cl)c1. The summed E-state index contributed by atoms with van der Waals surface area (Å²) in [7, 11) is -1.81. The Labute approximate surface area is 117 Å². The fourth-order valence-corrected chi connectivity index (χ4v) is 2.99. The van der Waals surface area contributed by atoms with Gasteiger partial charge in [0, 0.05) is 11.6 Å². The zero-order chi connectivity index (χ0) is 14.0. The second-order valence-electron chi connectivity index (χ2n) is 6.16. The van der Waals surface area contributed by atoms with Crippen molar-refractivity contribution in [1.82, 2.24) is 0 Å². The lowest BCUT2D eigenvalue weighted by Crippen LogP contribution is -2.43. The van der Waals surface area contributed by atoms with Crippen molar-refractivity contribution in [3.8, 4) is 0 Å². The number of hydrogen-bond acceptors (Lipinski definition) is 2. The maximum absolute atomic E-state index is 6.35. The van der Waals surface area contributed by atoms with Crippen LogP contribution in [0.1, 0.15) is 32.4 Å². The molecule has 0 saturated heterocycles. The Hall–Kier alpha value is -0.353. The molecule has 1 unspecified atom stereocenters. The minimum atomic E-state index is -1.81. The van der Waals surface area contributed by atoms with E-state index >= 15 is 0 Å². The van der Waals surface area contributed by atoms with E-state index in [1.165, 1.54) is 0 Å². The summed E-state index contributed by atoms with van der Waals surface area (Å²) >= 11 is 6.02. The molecular formula is C14H24ClNOSi. The normalized spacial score (nSPS) is 14.6. The second kappa shape index (κ2) is 5.74. The summed E-state index contributed by atoms with van der Waals surface area (Å²) < 4.78 is 6.35. The standard InChI is InChI=1S/C14H24ClNOSi/c1-14(2,3)18(4,5)17-13(10-16)11-7-6-8-12(15)9-11/h6-9,13H,10,16H2,1-5H3. The fourth-order valence-electron chi connectivity index (χ4n) is 1.49. The van der Waals surface area contributed by atoms with Crippen LogP contribution in [0, 0.1) is 0 Å². The molecule has 1 rings (SSSR count). The molecule has 2 N–H and O–H groups in total. The lowest BCUT2D eigenvalue weighted by molar-refractivity contribution is 0.191. The van der Waals surface area contributed by atoms with E-state index in [0.717, 1.165) is 10.6 Å². The van der Waals surface area contributed by atoms with E-state index in [1.54, 1.807) is 0 Å². The summed E-state index contributed by atoms with van der Waals surface area (Å²) in [6.45, 7) is 11.6. The van der Waals surface area contributed by atoms with Crippen molar-refractivity contribution in [2.24, 2.45) is 5.73 Å². The first kappa shape index (κ1) is 15.7. The molecule has 0 amide bonds. The molecule has 4 heteroatoms. The molecule has 0 saturated carbocycles. The van der Waals surface area contributed by atoms with Gasteiger partial charge in [-0.15, -0.1) is 0 Å². The van der Waals surface area contributed by atoms with Crippen LogP contribution in [-0.4, -0.2) is 14.9 Å². The van der Waals surface area contributed by atoms with Gasteiger partial charge < -0.3 is 10.2 Å². The molecule has 2 nitrogen and oxygen atoms in total. The van der Waals surface area contributed by atoms with Crippen LogP contribution in [0.4, 0.5) is 0 Å². The van der Waals surface area contributed by atoms with Crippen molar-refractivity contribution >= 4 is 19.9 Å². The molecule has 0 aliphatic heterocycles. The molecule has 0 aliphatic rings. The van der Waals surface area contributed by atoms with Crippen LogP contribution in [0.5, 0.6) is 0 Å². The Bertz CT molecular complexity index is 401. The highest BCUT2D eigenvalue weighted by molar-refractivity contribution is 6.74. The topological polar surface area (TPSA) is 35.2 Å². The van der Waals surface area contributed by atoms with E-state index < -0.39 is 8.32 Å². The molecule has 0 bridgehead atoms. The molecule has 1 aromatic carbocycles. The smallest absolute Gasteiger partial charge is 0.192 e. The average molecular weight is 286 g/mol. The van der Waals surface area contributed by atoms with E-state index in [1.807, 2.05) is 24.3 Å². The van der Waals surface area contributed by atoms with Crippen molar-refractivity contribution in [3.05, 3.63) is 34.9 Å². The van der Waals surface area contributed by atoms with Gasteiger partial charge in [0.05, 0.1) is 6.10 Å².